The Balaban J connectivity index is 0.981. The summed E-state index contributed by atoms with van der Waals surface area (Å²) in [6.07, 6.45) is 0.856. The van der Waals surface area contributed by atoms with Crippen molar-refractivity contribution in [3.05, 3.63) is 99.3 Å². The highest BCUT2D eigenvalue weighted by atomic mass is 35.5. The van der Waals surface area contributed by atoms with Crippen LogP contribution in [-0.2, 0) is 32.0 Å². The van der Waals surface area contributed by atoms with Gasteiger partial charge in [-0.15, -0.1) is 11.3 Å². The van der Waals surface area contributed by atoms with Gasteiger partial charge in [0.1, 0.15) is 53.9 Å². The van der Waals surface area contributed by atoms with Crippen LogP contribution in [0.1, 0.15) is 22.4 Å². The number of carbonyl (C=O) groups is 1. The number of likely N-dealkylation sites (N-methyl/N-ethyl adjacent to an activating group) is 1. The minimum absolute atomic E-state index is 0.0287. The van der Waals surface area contributed by atoms with Gasteiger partial charge < -0.3 is 48.1 Å². The van der Waals surface area contributed by atoms with Crippen molar-refractivity contribution in [1.82, 2.24) is 29.7 Å². The van der Waals surface area contributed by atoms with E-state index in [9.17, 15) is 14.3 Å². The molecule has 3 aromatic carbocycles. The Labute approximate surface area is 424 Å². The number of aliphatic carboxylic acids is 1. The van der Waals surface area contributed by atoms with Crippen molar-refractivity contribution in [2.24, 2.45) is 5.92 Å². The number of fused-ring (bicyclic) bond motifs is 7. The van der Waals surface area contributed by atoms with Crippen LogP contribution < -0.4 is 23.8 Å². The molecule has 71 heavy (non-hydrogen) atoms. The molecule has 20 heteroatoms. The van der Waals surface area contributed by atoms with E-state index in [0.29, 0.717) is 133 Å². The summed E-state index contributed by atoms with van der Waals surface area (Å²) in [5.74, 6) is 0.505. The average Bonchev–Trinajstić information content (AvgIpc) is 3.75. The summed E-state index contributed by atoms with van der Waals surface area (Å²) in [5.41, 5.74) is 4.41. The van der Waals surface area contributed by atoms with Crippen molar-refractivity contribution < 1.29 is 47.4 Å². The minimum Gasteiger partial charge on any atom is -0.490 e. The molecule has 374 valence electrons. The summed E-state index contributed by atoms with van der Waals surface area (Å²) < 4.78 is 57.9. The van der Waals surface area contributed by atoms with Gasteiger partial charge in [-0.2, -0.15) is 0 Å². The second kappa shape index (κ2) is 21.7. The van der Waals surface area contributed by atoms with Gasteiger partial charge in [0, 0.05) is 80.4 Å². The first-order chi connectivity index (χ1) is 34.4. The molecule has 3 fully saturated rings. The van der Waals surface area contributed by atoms with Gasteiger partial charge in [-0.3, -0.25) is 4.90 Å². The van der Waals surface area contributed by atoms with E-state index in [0.717, 1.165) is 39.3 Å². The standard InChI is InChI=1S/C51H54Cl2FN7O9S/c1-29-41-30(2)45(53)46(44(29)52)69-37(22-60-14-12-59(3)13-15-60)27-67-36-8-9-39(68-24-35-10-11-55-51(58-35)61-20-31(21-61)23-65-26-38-25-64-16-17-66-38)33(18-36)19-40(50(62)63)70-48-43-42(41)47(71-49(43)57-28-56-48)32-4-6-34(54)7-5-32/h4-11,18,28,31,37-38,40H,12-17,19-27H2,1-3H3,(H,62,63)/t37-,38+,40-/m1/s1. The third kappa shape index (κ3) is 11.0. The van der Waals surface area contributed by atoms with Gasteiger partial charge in [-0.25, -0.2) is 29.1 Å². The molecular formula is C51H54Cl2FN7O9S. The molecule has 0 spiro atoms. The molecule has 3 aromatic heterocycles. The van der Waals surface area contributed by atoms with Gasteiger partial charge in [0.15, 0.2) is 5.75 Å². The fraction of sp³-hybridized carbons (Fsp3) is 0.431. The fourth-order valence-electron chi connectivity index (χ4n) is 9.32. The maximum atomic E-state index is 14.4. The lowest BCUT2D eigenvalue weighted by Gasteiger charge is -2.39. The molecule has 0 amide bonds. The van der Waals surface area contributed by atoms with Gasteiger partial charge in [0.2, 0.25) is 17.9 Å². The van der Waals surface area contributed by atoms with Crippen LogP contribution in [0, 0.1) is 25.6 Å². The summed E-state index contributed by atoms with van der Waals surface area (Å²) in [6, 6.07) is 13.2. The van der Waals surface area contributed by atoms with E-state index < -0.39 is 24.0 Å². The normalized spacial score (nSPS) is 20.2. The third-order valence-electron chi connectivity index (χ3n) is 13.2. The highest BCUT2D eigenvalue weighted by Crippen LogP contribution is 2.53. The molecule has 3 atom stereocenters. The molecule has 4 bridgehead atoms. The van der Waals surface area contributed by atoms with Crippen LogP contribution in [0.15, 0.2) is 61.1 Å². The first kappa shape index (κ1) is 49.2. The van der Waals surface area contributed by atoms with E-state index in [-0.39, 0.29) is 31.6 Å². The van der Waals surface area contributed by atoms with Crippen molar-refractivity contribution in [2.45, 2.75) is 45.2 Å². The molecule has 0 radical (unpaired) electrons. The Morgan fingerprint density at radius 2 is 1.70 bits per heavy atom. The molecular weight excluding hydrogens is 977 g/mol. The van der Waals surface area contributed by atoms with Gasteiger partial charge in [-0.1, -0.05) is 35.3 Å². The average molecular weight is 1030 g/mol. The number of carboxylic acid groups (broad SMARTS) is 1. The number of carboxylic acids is 1. The van der Waals surface area contributed by atoms with Crippen molar-refractivity contribution in [1.29, 1.82) is 0 Å². The largest absolute Gasteiger partial charge is 0.490 e. The predicted molar refractivity (Wildman–Crippen MR) is 267 cm³/mol. The Bertz CT molecular complexity index is 2850. The summed E-state index contributed by atoms with van der Waals surface area (Å²) in [4.78, 5) is 39.8. The second-order valence-corrected chi connectivity index (χ2v) is 20.1. The van der Waals surface area contributed by atoms with E-state index >= 15 is 0 Å². The number of halogens is 3. The fourth-order valence-corrected chi connectivity index (χ4v) is 11.0. The SMILES string of the molecule is Cc1c(Cl)c2c(Cl)c(C)c1-c1c(-c3ccc(F)cc3)sc3ncnc(c13)O[C@@H](C(=O)O)Cc1cc(ccc1OCc1ccnc(N3CC(COC[C@@H]4COCCO4)C3)n1)OC[C@@H](CN1CCN(C)CC1)O2. The number of thiophene rings is 1. The lowest BCUT2D eigenvalue weighted by atomic mass is 9.92. The quantitative estimate of drug-likeness (QED) is 0.126. The topological polar surface area (TPSA) is 163 Å². The zero-order valence-electron chi connectivity index (χ0n) is 39.6. The number of anilines is 1. The van der Waals surface area contributed by atoms with Gasteiger partial charge >= 0.3 is 5.97 Å². The first-order valence-corrected chi connectivity index (χ1v) is 25.2. The van der Waals surface area contributed by atoms with Crippen LogP contribution in [0.5, 0.6) is 23.1 Å². The number of nitrogens with zero attached hydrogens (tertiary/aromatic N) is 7. The maximum absolute atomic E-state index is 14.4. The molecule has 1 N–H and O–H groups in total. The van der Waals surface area contributed by atoms with Gasteiger partial charge in [0.05, 0.1) is 54.2 Å². The predicted octanol–water partition coefficient (Wildman–Crippen LogP) is 7.79. The van der Waals surface area contributed by atoms with E-state index in [1.54, 1.807) is 42.6 Å². The van der Waals surface area contributed by atoms with Crippen LogP contribution >= 0.6 is 34.5 Å². The molecule has 5 aliphatic rings. The first-order valence-electron chi connectivity index (χ1n) is 23.7. The molecule has 0 unspecified atom stereocenters. The molecule has 16 nitrogen and oxygen atoms in total. The molecule has 8 heterocycles. The van der Waals surface area contributed by atoms with E-state index in [1.807, 2.05) is 13.8 Å². The molecule has 11 rings (SSSR count). The van der Waals surface area contributed by atoms with Crippen LogP contribution in [0.2, 0.25) is 10.0 Å². The van der Waals surface area contributed by atoms with Gasteiger partial charge in [-0.05, 0) is 79.5 Å². The summed E-state index contributed by atoms with van der Waals surface area (Å²) in [6.45, 7) is 12.3. The maximum Gasteiger partial charge on any atom is 0.345 e. The van der Waals surface area contributed by atoms with E-state index in [1.165, 1.54) is 29.8 Å². The van der Waals surface area contributed by atoms with Gasteiger partial charge in [0.25, 0.3) is 0 Å². The van der Waals surface area contributed by atoms with Crippen molar-refractivity contribution in [3.8, 4) is 44.7 Å². The summed E-state index contributed by atoms with van der Waals surface area (Å²) in [5, 5.41) is 12.0. The zero-order chi connectivity index (χ0) is 49.2. The summed E-state index contributed by atoms with van der Waals surface area (Å²) in [7, 11) is 2.10. The smallest absolute Gasteiger partial charge is 0.345 e. The lowest BCUT2D eigenvalue weighted by Crippen LogP contribution is -2.50. The van der Waals surface area contributed by atoms with Crippen molar-refractivity contribution in [3.63, 3.8) is 0 Å². The molecule has 5 aliphatic heterocycles. The Kier molecular flexibility index (Phi) is 15.0. The summed E-state index contributed by atoms with van der Waals surface area (Å²) >= 11 is 16.0. The van der Waals surface area contributed by atoms with Crippen LogP contribution in [-0.4, -0.2) is 152 Å². The monoisotopic (exact) mass is 1030 g/mol. The number of hydrogen-bond donors (Lipinski definition) is 1. The Morgan fingerprint density at radius 3 is 2.45 bits per heavy atom. The molecule has 0 aliphatic carbocycles. The molecule has 0 saturated carbocycles. The van der Waals surface area contributed by atoms with E-state index in [4.69, 9.17) is 61.3 Å². The number of rotatable bonds is 12. The third-order valence-corrected chi connectivity index (χ3v) is 15.3. The molecule has 6 aromatic rings. The van der Waals surface area contributed by atoms with Crippen LogP contribution in [0.25, 0.3) is 31.8 Å². The Hall–Kier alpha value is -5.44. The molecule has 3 saturated heterocycles. The van der Waals surface area contributed by atoms with Crippen LogP contribution in [0.3, 0.4) is 0 Å². The van der Waals surface area contributed by atoms with Crippen LogP contribution in [0.4, 0.5) is 10.3 Å². The number of ether oxygens (including phenoxy) is 7. The highest BCUT2D eigenvalue weighted by molar-refractivity contribution is 7.22. The lowest BCUT2D eigenvalue weighted by molar-refractivity contribution is -0.145. The zero-order valence-corrected chi connectivity index (χ0v) is 41.9. The van der Waals surface area contributed by atoms with E-state index in [2.05, 4.69) is 36.7 Å². The number of aromatic nitrogens is 4. The number of piperazine rings is 1. The van der Waals surface area contributed by atoms with Crippen molar-refractivity contribution >= 4 is 56.7 Å². The second-order valence-electron chi connectivity index (χ2n) is 18.3. The van der Waals surface area contributed by atoms with Crippen molar-refractivity contribution in [2.75, 3.05) is 97.4 Å². The number of hydrogen-bond acceptors (Lipinski definition) is 16. The highest BCUT2D eigenvalue weighted by Gasteiger charge is 2.33. The Morgan fingerprint density at radius 1 is 0.915 bits per heavy atom. The minimum atomic E-state index is -1.47. The number of benzene rings is 3.